The minimum Gasteiger partial charge on any atom is -0.284 e. The van der Waals surface area contributed by atoms with Crippen LogP contribution in [0.5, 0.6) is 0 Å². The number of carbonyl (C=O) groups excluding carboxylic acids is 1. The van der Waals surface area contributed by atoms with Gasteiger partial charge in [0.05, 0.1) is 5.52 Å². The molecule has 2 rings (SSSR count). The molecule has 0 amide bonds. The first-order valence-electron chi connectivity index (χ1n) is 6.88. The van der Waals surface area contributed by atoms with Crippen LogP contribution in [0.1, 0.15) is 63.5 Å². The summed E-state index contributed by atoms with van der Waals surface area (Å²) in [6, 6.07) is 8.58. The first-order chi connectivity index (χ1) is 8.71. The van der Waals surface area contributed by atoms with Crippen molar-refractivity contribution >= 4 is 16.8 Å². The van der Waals surface area contributed by atoms with E-state index < -0.39 is 0 Å². The van der Waals surface area contributed by atoms with Gasteiger partial charge in [-0.1, -0.05) is 46.8 Å². The van der Waals surface area contributed by atoms with E-state index in [0.717, 1.165) is 16.6 Å². The van der Waals surface area contributed by atoms with Crippen LogP contribution in [0.25, 0.3) is 10.9 Å². The van der Waals surface area contributed by atoms with Crippen LogP contribution in [0, 0.1) is 0 Å². The Hall–Kier alpha value is -1.57. The Labute approximate surface area is 115 Å². The fourth-order valence-corrected chi connectivity index (χ4v) is 2.47. The number of aromatic nitrogens is 1. The Kier molecular flexibility index (Phi) is 3.29. The number of benzene rings is 1. The molecule has 0 fully saturated rings. The van der Waals surface area contributed by atoms with Gasteiger partial charge in [-0.05, 0) is 29.0 Å². The van der Waals surface area contributed by atoms with Crippen molar-refractivity contribution in [2.45, 2.75) is 52.9 Å². The highest BCUT2D eigenvalue weighted by Crippen LogP contribution is 2.30. The summed E-state index contributed by atoms with van der Waals surface area (Å²) in [6.45, 7) is 12.5. The van der Waals surface area contributed by atoms with Gasteiger partial charge in [-0.15, -0.1) is 0 Å². The van der Waals surface area contributed by atoms with Gasteiger partial charge < -0.3 is 0 Å². The molecule has 0 atom stereocenters. The van der Waals surface area contributed by atoms with Crippen molar-refractivity contribution in [3.63, 3.8) is 0 Å². The fraction of sp³-hybridized carbons (Fsp3) is 0.471. The molecular formula is C17H23NO. The molecule has 0 spiro atoms. The monoisotopic (exact) mass is 257 g/mol. The third-order valence-electron chi connectivity index (χ3n) is 3.61. The first kappa shape index (κ1) is 13.9. The highest BCUT2D eigenvalue weighted by molar-refractivity contribution is 5.93. The molecule has 0 unspecified atom stereocenters. The van der Waals surface area contributed by atoms with Crippen LogP contribution in [0.15, 0.2) is 24.3 Å². The van der Waals surface area contributed by atoms with Crippen molar-refractivity contribution in [2.24, 2.45) is 0 Å². The maximum atomic E-state index is 12.0. The second kappa shape index (κ2) is 4.52. The molecule has 1 heterocycles. The van der Waals surface area contributed by atoms with E-state index in [-0.39, 0.29) is 11.3 Å². The molecule has 1 aromatic heterocycles. The highest BCUT2D eigenvalue weighted by Gasteiger charge is 2.18. The largest absolute Gasteiger partial charge is 0.284 e. The van der Waals surface area contributed by atoms with E-state index in [1.165, 1.54) is 5.56 Å². The first-order valence-corrected chi connectivity index (χ1v) is 6.88. The Balaban J connectivity index is 2.77. The molecule has 0 saturated heterocycles. The summed E-state index contributed by atoms with van der Waals surface area (Å²) >= 11 is 0. The molecule has 0 N–H and O–H groups in total. The highest BCUT2D eigenvalue weighted by atomic mass is 16.1. The van der Waals surface area contributed by atoms with Crippen molar-refractivity contribution in [3.8, 4) is 0 Å². The van der Waals surface area contributed by atoms with Crippen LogP contribution in [0.3, 0.4) is 0 Å². The quantitative estimate of drug-likeness (QED) is 0.724. The topological polar surface area (TPSA) is 22.0 Å². The summed E-state index contributed by atoms with van der Waals surface area (Å²) in [4.78, 5) is 12.0. The standard InChI is InChI=1S/C17H23NO/c1-11(2)15-9-13-7-8-14(17(4,5)6)10-16(13)18(15)12(3)19/h7-11H,1-6H3. The van der Waals surface area contributed by atoms with E-state index in [1.807, 2.05) is 4.57 Å². The van der Waals surface area contributed by atoms with Gasteiger partial charge in [0.1, 0.15) is 0 Å². The zero-order valence-electron chi connectivity index (χ0n) is 12.7. The molecule has 0 aliphatic heterocycles. The summed E-state index contributed by atoms with van der Waals surface area (Å²) in [5.41, 5.74) is 3.48. The molecule has 0 aliphatic carbocycles. The number of nitrogens with zero attached hydrogens (tertiary/aromatic N) is 1. The molecule has 0 aliphatic rings. The van der Waals surface area contributed by atoms with E-state index in [0.29, 0.717) is 5.92 Å². The summed E-state index contributed by atoms with van der Waals surface area (Å²) < 4.78 is 1.86. The Morgan fingerprint density at radius 3 is 2.26 bits per heavy atom. The number of hydrogen-bond acceptors (Lipinski definition) is 1. The third-order valence-corrected chi connectivity index (χ3v) is 3.61. The van der Waals surface area contributed by atoms with Crippen molar-refractivity contribution < 1.29 is 4.79 Å². The summed E-state index contributed by atoms with van der Waals surface area (Å²) in [5, 5.41) is 1.15. The maximum Gasteiger partial charge on any atom is 0.228 e. The fourth-order valence-electron chi connectivity index (χ4n) is 2.47. The van der Waals surface area contributed by atoms with Gasteiger partial charge in [0, 0.05) is 18.0 Å². The second-order valence-electron chi connectivity index (χ2n) is 6.60. The lowest BCUT2D eigenvalue weighted by atomic mass is 9.87. The van der Waals surface area contributed by atoms with Crippen LogP contribution in [0.4, 0.5) is 0 Å². The SMILES string of the molecule is CC(=O)n1c(C(C)C)cc2ccc(C(C)(C)C)cc21. The number of hydrogen-bond donors (Lipinski definition) is 0. The Morgan fingerprint density at radius 1 is 1.16 bits per heavy atom. The van der Waals surface area contributed by atoms with Gasteiger partial charge in [0.25, 0.3) is 0 Å². The molecule has 0 radical (unpaired) electrons. The van der Waals surface area contributed by atoms with Crippen LogP contribution < -0.4 is 0 Å². The van der Waals surface area contributed by atoms with Crippen LogP contribution >= 0.6 is 0 Å². The Bertz CT molecular complexity index is 626. The Morgan fingerprint density at radius 2 is 1.79 bits per heavy atom. The molecule has 2 nitrogen and oxygen atoms in total. The predicted octanol–water partition coefficient (Wildman–Crippen LogP) is 4.72. The van der Waals surface area contributed by atoms with Gasteiger partial charge >= 0.3 is 0 Å². The second-order valence-corrected chi connectivity index (χ2v) is 6.60. The summed E-state index contributed by atoms with van der Waals surface area (Å²) in [7, 11) is 0. The van der Waals surface area contributed by atoms with Crippen molar-refractivity contribution in [3.05, 3.63) is 35.5 Å². The van der Waals surface area contributed by atoms with Gasteiger partial charge in [-0.25, -0.2) is 0 Å². The summed E-state index contributed by atoms with van der Waals surface area (Å²) in [6.07, 6.45) is 0. The lowest BCUT2D eigenvalue weighted by Crippen LogP contribution is -2.13. The minimum atomic E-state index is 0.0877. The average molecular weight is 257 g/mol. The van der Waals surface area contributed by atoms with Gasteiger partial charge in [-0.3, -0.25) is 9.36 Å². The predicted molar refractivity (Wildman–Crippen MR) is 81.0 cm³/mol. The molecule has 2 aromatic rings. The van der Waals surface area contributed by atoms with Crippen LogP contribution in [-0.4, -0.2) is 10.5 Å². The molecule has 0 saturated carbocycles. The number of fused-ring (bicyclic) bond motifs is 1. The van der Waals surface area contributed by atoms with Crippen LogP contribution in [0.2, 0.25) is 0 Å². The minimum absolute atomic E-state index is 0.0877. The normalized spacial score (nSPS) is 12.4. The van der Waals surface area contributed by atoms with E-state index in [9.17, 15) is 4.79 Å². The summed E-state index contributed by atoms with van der Waals surface area (Å²) in [5.74, 6) is 0.430. The maximum absolute atomic E-state index is 12.0. The van der Waals surface area contributed by atoms with E-state index in [2.05, 4.69) is 58.9 Å². The van der Waals surface area contributed by atoms with Crippen molar-refractivity contribution in [1.82, 2.24) is 4.57 Å². The van der Waals surface area contributed by atoms with E-state index in [4.69, 9.17) is 0 Å². The zero-order valence-corrected chi connectivity index (χ0v) is 12.7. The molecular weight excluding hydrogens is 234 g/mol. The van der Waals surface area contributed by atoms with Gasteiger partial charge in [-0.2, -0.15) is 0 Å². The number of carbonyl (C=O) groups is 1. The van der Waals surface area contributed by atoms with Gasteiger partial charge in [0.15, 0.2) is 0 Å². The van der Waals surface area contributed by atoms with E-state index in [1.54, 1.807) is 6.92 Å². The number of rotatable bonds is 1. The van der Waals surface area contributed by atoms with E-state index >= 15 is 0 Å². The zero-order chi connectivity index (χ0) is 14.4. The third kappa shape index (κ3) is 2.44. The molecule has 1 aromatic carbocycles. The van der Waals surface area contributed by atoms with Crippen molar-refractivity contribution in [1.29, 1.82) is 0 Å². The molecule has 2 heteroatoms. The lowest BCUT2D eigenvalue weighted by Gasteiger charge is -2.19. The van der Waals surface area contributed by atoms with Crippen LogP contribution in [-0.2, 0) is 5.41 Å². The molecule has 0 bridgehead atoms. The molecule has 19 heavy (non-hydrogen) atoms. The van der Waals surface area contributed by atoms with Gasteiger partial charge in [0.2, 0.25) is 5.91 Å². The molecule has 102 valence electrons. The smallest absolute Gasteiger partial charge is 0.228 e. The lowest BCUT2D eigenvalue weighted by molar-refractivity contribution is 0.0938. The average Bonchev–Trinajstić information content (AvgIpc) is 2.65. The van der Waals surface area contributed by atoms with Crippen molar-refractivity contribution in [2.75, 3.05) is 0 Å².